The van der Waals surface area contributed by atoms with Crippen LogP contribution < -0.4 is 14.8 Å². The van der Waals surface area contributed by atoms with E-state index in [1.54, 1.807) is 19.1 Å². The smallest absolute Gasteiger partial charge is 0.249 e. The van der Waals surface area contributed by atoms with Crippen LogP contribution in [0.1, 0.15) is 36.7 Å². The lowest BCUT2D eigenvalue weighted by Crippen LogP contribution is -2.25. The van der Waals surface area contributed by atoms with E-state index in [4.69, 9.17) is 4.74 Å². The number of benzene rings is 1. The summed E-state index contributed by atoms with van der Waals surface area (Å²) in [5.74, 6) is -0.142. The number of carbonyl (C=O) groups is 2. The summed E-state index contributed by atoms with van der Waals surface area (Å²) in [6, 6.07) is 4.67. The average Bonchev–Trinajstić information content (AvgIpc) is 2.92. The third kappa shape index (κ3) is 3.65. The van der Waals surface area contributed by atoms with Gasteiger partial charge in [-0.2, -0.15) is 9.78 Å². The number of methoxy groups -OCH3 is 1. The Morgan fingerprint density at radius 3 is 2.71 bits per heavy atom. The largest absolute Gasteiger partial charge is 0.495 e. The highest BCUT2D eigenvalue weighted by atomic mass is 32.2. The number of sulfonamides is 1. The highest BCUT2D eigenvalue weighted by molar-refractivity contribution is 7.89. The van der Waals surface area contributed by atoms with Crippen LogP contribution in [0.15, 0.2) is 23.1 Å². The zero-order valence-corrected chi connectivity index (χ0v) is 16.7. The molecule has 0 saturated carbocycles. The molecule has 2 aromatic rings. The molecule has 3 rings (SSSR count). The van der Waals surface area contributed by atoms with Gasteiger partial charge in [0.25, 0.3) is 0 Å². The first-order valence-electron chi connectivity index (χ1n) is 8.89. The minimum absolute atomic E-state index is 0.0217. The fourth-order valence-electron chi connectivity index (χ4n) is 3.05. The quantitative estimate of drug-likeness (QED) is 0.756. The van der Waals surface area contributed by atoms with E-state index in [-0.39, 0.29) is 41.1 Å². The molecule has 1 aromatic heterocycles. The molecule has 0 radical (unpaired) electrons. The number of carbonyl (C=O) groups excluding carboxylic acids is 2. The number of hydrogen-bond acceptors (Lipinski definition) is 6. The predicted molar refractivity (Wildman–Crippen MR) is 103 cm³/mol. The van der Waals surface area contributed by atoms with Crippen LogP contribution in [0, 0.1) is 6.92 Å². The van der Waals surface area contributed by atoms with Crippen LogP contribution in [0.2, 0.25) is 0 Å². The van der Waals surface area contributed by atoms with Crippen molar-refractivity contribution in [1.82, 2.24) is 14.5 Å². The van der Waals surface area contributed by atoms with Crippen LogP contribution in [0.3, 0.4) is 0 Å². The second-order valence-corrected chi connectivity index (χ2v) is 8.16. The lowest BCUT2D eigenvalue weighted by atomic mass is 10.1. The van der Waals surface area contributed by atoms with Gasteiger partial charge in [-0.15, -0.1) is 0 Å². The van der Waals surface area contributed by atoms with Crippen LogP contribution in [-0.4, -0.2) is 43.7 Å². The van der Waals surface area contributed by atoms with Gasteiger partial charge in [-0.05, 0) is 31.0 Å². The Kier molecular flexibility index (Phi) is 5.52. The summed E-state index contributed by atoms with van der Waals surface area (Å²) in [7, 11) is -2.41. The molecule has 10 heteroatoms. The number of ether oxygens (including phenoxy) is 1. The number of nitrogens with one attached hydrogen (secondary N) is 2. The minimum atomic E-state index is -3.80. The van der Waals surface area contributed by atoms with E-state index in [0.717, 1.165) is 0 Å². The molecule has 28 heavy (non-hydrogen) atoms. The van der Waals surface area contributed by atoms with E-state index in [9.17, 15) is 18.0 Å². The molecule has 1 aliphatic heterocycles. The lowest BCUT2D eigenvalue weighted by Gasteiger charge is -2.13. The maximum atomic E-state index is 12.7. The summed E-state index contributed by atoms with van der Waals surface area (Å²) in [6.07, 6.45) is 0.776. The van der Waals surface area contributed by atoms with Gasteiger partial charge < -0.3 is 10.1 Å². The number of anilines is 1. The van der Waals surface area contributed by atoms with Gasteiger partial charge in [0, 0.05) is 24.9 Å². The number of rotatable bonds is 6. The van der Waals surface area contributed by atoms with E-state index in [0.29, 0.717) is 29.8 Å². The molecule has 2 N–H and O–H groups in total. The Hall–Kier alpha value is -2.72. The molecule has 0 atom stereocenters. The summed E-state index contributed by atoms with van der Waals surface area (Å²) >= 11 is 0. The molecular weight excluding hydrogens is 384 g/mol. The van der Waals surface area contributed by atoms with Crippen molar-refractivity contribution in [3.63, 3.8) is 0 Å². The van der Waals surface area contributed by atoms with Crippen molar-refractivity contribution in [2.24, 2.45) is 0 Å². The Labute approximate surface area is 163 Å². The molecule has 1 aromatic carbocycles. The van der Waals surface area contributed by atoms with E-state index in [1.165, 1.54) is 17.9 Å². The monoisotopic (exact) mass is 406 g/mol. The molecule has 0 fully saturated rings. The second kappa shape index (κ2) is 7.72. The van der Waals surface area contributed by atoms with Crippen molar-refractivity contribution in [1.29, 1.82) is 0 Å². The van der Waals surface area contributed by atoms with Crippen molar-refractivity contribution in [3.8, 4) is 16.9 Å². The van der Waals surface area contributed by atoms with Gasteiger partial charge in [0.05, 0.1) is 12.8 Å². The molecule has 0 spiro atoms. The van der Waals surface area contributed by atoms with Gasteiger partial charge in [-0.1, -0.05) is 13.0 Å². The van der Waals surface area contributed by atoms with Crippen molar-refractivity contribution in [3.05, 3.63) is 23.9 Å². The molecule has 1 amide bonds. The molecule has 2 heterocycles. The molecule has 150 valence electrons. The van der Waals surface area contributed by atoms with Gasteiger partial charge in [0.2, 0.25) is 21.8 Å². The maximum Gasteiger partial charge on any atom is 0.249 e. The third-order valence-electron chi connectivity index (χ3n) is 4.40. The zero-order valence-electron chi connectivity index (χ0n) is 15.9. The highest BCUT2D eigenvalue weighted by Crippen LogP contribution is 2.36. The molecule has 0 unspecified atom stereocenters. The second-order valence-electron chi connectivity index (χ2n) is 6.43. The number of hydrogen-bond donors (Lipinski definition) is 2. The van der Waals surface area contributed by atoms with Gasteiger partial charge in [-0.3, -0.25) is 9.59 Å². The van der Waals surface area contributed by atoms with Crippen LogP contribution in [-0.2, 0) is 14.8 Å². The Bertz CT molecular complexity index is 1040. The number of aryl methyl sites for hydroxylation is 1. The van der Waals surface area contributed by atoms with Crippen molar-refractivity contribution >= 4 is 27.7 Å². The summed E-state index contributed by atoms with van der Waals surface area (Å²) in [5.41, 5.74) is 1.50. The third-order valence-corrected chi connectivity index (χ3v) is 5.89. The van der Waals surface area contributed by atoms with Gasteiger partial charge in [-0.25, -0.2) is 13.1 Å². The fraction of sp³-hybridized carbons (Fsp3) is 0.389. The summed E-state index contributed by atoms with van der Waals surface area (Å²) < 4.78 is 34.3. The van der Waals surface area contributed by atoms with Crippen LogP contribution in [0.4, 0.5) is 5.82 Å². The lowest BCUT2D eigenvalue weighted by molar-refractivity contribution is -0.116. The Morgan fingerprint density at radius 1 is 1.29 bits per heavy atom. The maximum absolute atomic E-state index is 12.7. The van der Waals surface area contributed by atoms with Crippen LogP contribution >= 0.6 is 0 Å². The summed E-state index contributed by atoms with van der Waals surface area (Å²) in [5, 5.41) is 6.95. The van der Waals surface area contributed by atoms with E-state index < -0.39 is 10.0 Å². The summed E-state index contributed by atoms with van der Waals surface area (Å²) in [4.78, 5) is 24.3. The molecule has 0 bridgehead atoms. The average molecular weight is 406 g/mol. The molecule has 0 saturated heterocycles. The first-order chi connectivity index (χ1) is 13.3. The van der Waals surface area contributed by atoms with Crippen LogP contribution in [0.25, 0.3) is 11.1 Å². The van der Waals surface area contributed by atoms with Crippen LogP contribution in [0.5, 0.6) is 5.75 Å². The number of nitrogens with zero attached hydrogens (tertiary/aromatic N) is 2. The highest BCUT2D eigenvalue weighted by Gasteiger charge is 2.27. The number of amides is 1. The van der Waals surface area contributed by atoms with Crippen molar-refractivity contribution in [2.75, 3.05) is 19.0 Å². The van der Waals surface area contributed by atoms with E-state index in [2.05, 4.69) is 15.1 Å². The number of aromatic nitrogens is 2. The zero-order chi connectivity index (χ0) is 20.5. The topological polar surface area (TPSA) is 119 Å². The Morgan fingerprint density at radius 2 is 2.04 bits per heavy atom. The molecule has 1 aliphatic rings. The van der Waals surface area contributed by atoms with Gasteiger partial charge in [0.1, 0.15) is 16.5 Å². The van der Waals surface area contributed by atoms with E-state index >= 15 is 0 Å². The first kappa shape index (κ1) is 20.0. The predicted octanol–water partition coefficient (Wildman–Crippen LogP) is 1.93. The van der Waals surface area contributed by atoms with Gasteiger partial charge in [0.15, 0.2) is 0 Å². The normalized spacial score (nSPS) is 14.4. The summed E-state index contributed by atoms with van der Waals surface area (Å²) in [6.45, 7) is 3.86. The standard InChI is InChI=1S/C18H22N4O5S/c1-4-9-19-28(25,26)14-10-12(5-6-13(14)27-3)17-11(2)21-22-16(24)8-7-15(23)20-18(17)22/h5-6,10,19H,4,7-9H2,1-3H3,(H,20,23). The molecule has 9 nitrogen and oxygen atoms in total. The molecular formula is C18H22N4O5S. The SMILES string of the molecule is CCCNS(=O)(=O)c1cc(-c2c(C)nn3c2NC(=O)CCC3=O)ccc1OC. The number of fused-ring (bicyclic) bond motifs is 1. The van der Waals surface area contributed by atoms with Crippen molar-refractivity contribution in [2.45, 2.75) is 38.0 Å². The minimum Gasteiger partial charge on any atom is -0.495 e. The van der Waals surface area contributed by atoms with Gasteiger partial charge >= 0.3 is 0 Å². The first-order valence-corrected chi connectivity index (χ1v) is 10.4. The Balaban J connectivity index is 2.17. The van der Waals surface area contributed by atoms with Crippen molar-refractivity contribution < 1.29 is 22.7 Å². The van der Waals surface area contributed by atoms with E-state index in [1.807, 2.05) is 6.92 Å². The fourth-order valence-corrected chi connectivity index (χ4v) is 4.37. The molecule has 0 aliphatic carbocycles.